The van der Waals surface area contributed by atoms with Crippen molar-refractivity contribution in [1.29, 1.82) is 0 Å². The molecule has 0 radical (unpaired) electrons. The van der Waals surface area contributed by atoms with Crippen LogP contribution < -0.4 is 10.0 Å². The zero-order valence-electron chi connectivity index (χ0n) is 21.8. The Kier molecular flexibility index (Phi) is 7.98. The molecule has 1 aromatic heterocycles. The molecule has 2 saturated heterocycles. The van der Waals surface area contributed by atoms with E-state index in [0.717, 1.165) is 13.1 Å². The summed E-state index contributed by atoms with van der Waals surface area (Å²) in [5.74, 6) is -3.45. The highest BCUT2D eigenvalue weighted by Gasteiger charge is 2.45. The van der Waals surface area contributed by atoms with Crippen LogP contribution in [-0.2, 0) is 23.8 Å². The molecule has 2 N–H and O–H groups in total. The zero-order chi connectivity index (χ0) is 27.6. The second kappa shape index (κ2) is 11.2. The lowest BCUT2D eigenvalue weighted by Gasteiger charge is -2.30. The molecule has 3 heterocycles. The van der Waals surface area contributed by atoms with Crippen LogP contribution >= 0.6 is 0 Å². The summed E-state index contributed by atoms with van der Waals surface area (Å²) in [4.78, 5) is 56.3. The summed E-state index contributed by atoms with van der Waals surface area (Å²) >= 11 is 0. The molecule has 0 spiro atoms. The van der Waals surface area contributed by atoms with Crippen LogP contribution in [0.2, 0.25) is 0 Å². The van der Waals surface area contributed by atoms with E-state index in [1.54, 1.807) is 26.0 Å². The molecule has 0 saturated carbocycles. The van der Waals surface area contributed by atoms with E-state index < -0.39 is 35.4 Å². The fraction of sp³-hybridized carbons (Fsp3) is 0.407. The highest BCUT2D eigenvalue weighted by atomic mass is 16.5. The zero-order valence-corrected chi connectivity index (χ0v) is 21.8. The summed E-state index contributed by atoms with van der Waals surface area (Å²) in [6.07, 6.45) is 0. The number of nitrogens with zero attached hydrogens (tertiary/aromatic N) is 1. The van der Waals surface area contributed by atoms with Crippen LogP contribution in [0.15, 0.2) is 29.8 Å². The quantitative estimate of drug-likeness (QED) is 0.210. The van der Waals surface area contributed by atoms with Crippen LogP contribution in [-0.4, -0.2) is 87.1 Å². The fourth-order valence-electron chi connectivity index (χ4n) is 5.09. The van der Waals surface area contributed by atoms with E-state index >= 15 is 0 Å². The first-order valence-electron chi connectivity index (χ1n) is 12.3. The van der Waals surface area contributed by atoms with Gasteiger partial charge in [0, 0.05) is 11.3 Å². The summed E-state index contributed by atoms with van der Waals surface area (Å²) in [7, 11) is 2.50. The van der Waals surface area contributed by atoms with Crippen molar-refractivity contribution < 1.29 is 43.4 Å². The van der Waals surface area contributed by atoms with Gasteiger partial charge in [-0.15, -0.1) is 0 Å². The second-order valence-corrected chi connectivity index (χ2v) is 9.32. The molecular formula is C27H31N3O8. The number of esters is 2. The minimum Gasteiger partial charge on any atom is -0.872 e. The summed E-state index contributed by atoms with van der Waals surface area (Å²) in [5.41, 5.74) is 1.59. The molecule has 2 fully saturated rings. The van der Waals surface area contributed by atoms with Crippen LogP contribution in [0.5, 0.6) is 0 Å². The van der Waals surface area contributed by atoms with Crippen molar-refractivity contribution in [1.82, 2.24) is 9.88 Å². The standard InChI is InChI=1S/C27H31N3O8/c1-15-19(16(2)28-21(15)27(35)37-4)23(31)20-22(17-5-7-18(8-6-17)26(34)36-3)30(25(33)24(20)32)10-9-29-11-13-38-14-12-29/h5-8,22,28,31H,9-14H2,1-4H3. The van der Waals surface area contributed by atoms with E-state index in [4.69, 9.17) is 14.2 Å². The third kappa shape index (κ3) is 4.94. The molecule has 11 heteroatoms. The van der Waals surface area contributed by atoms with Gasteiger partial charge in [0.15, 0.2) is 0 Å². The number of aromatic amines is 1. The van der Waals surface area contributed by atoms with Crippen LogP contribution in [0.4, 0.5) is 0 Å². The lowest BCUT2D eigenvalue weighted by molar-refractivity contribution is -0.907. The number of hydrogen-bond donors (Lipinski definition) is 2. The van der Waals surface area contributed by atoms with Crippen molar-refractivity contribution in [3.8, 4) is 0 Å². The maximum absolute atomic E-state index is 13.9. The molecule has 2 aliphatic rings. The van der Waals surface area contributed by atoms with Crippen molar-refractivity contribution in [2.75, 3.05) is 53.6 Å². The SMILES string of the molecule is COC(=O)c1ccc(C2C(=C([O-])c3c(C)[nH]c(C(=O)OC)c3C)C(=O)C(=O)N2CC[NH+]2CCOCC2)cc1. The average molecular weight is 526 g/mol. The van der Waals surface area contributed by atoms with Crippen molar-refractivity contribution in [2.24, 2.45) is 0 Å². The molecule has 2 aliphatic heterocycles. The van der Waals surface area contributed by atoms with Crippen LogP contribution in [0.1, 0.15) is 49.3 Å². The van der Waals surface area contributed by atoms with Gasteiger partial charge < -0.3 is 34.1 Å². The van der Waals surface area contributed by atoms with Gasteiger partial charge in [-0.1, -0.05) is 17.9 Å². The van der Waals surface area contributed by atoms with E-state index in [2.05, 4.69) is 4.98 Å². The maximum atomic E-state index is 13.9. The highest BCUT2D eigenvalue weighted by molar-refractivity contribution is 6.46. The number of carbonyl (C=O) groups is 4. The number of nitrogens with one attached hydrogen (secondary N) is 2. The van der Waals surface area contributed by atoms with Crippen LogP contribution in [0, 0.1) is 13.8 Å². The summed E-state index contributed by atoms with van der Waals surface area (Å²) in [5, 5.41) is 13.9. The Morgan fingerprint density at radius 3 is 2.32 bits per heavy atom. The Morgan fingerprint density at radius 2 is 1.71 bits per heavy atom. The van der Waals surface area contributed by atoms with Crippen molar-refractivity contribution in [3.05, 3.63) is 63.5 Å². The third-order valence-electron chi connectivity index (χ3n) is 7.14. The number of carbonyl (C=O) groups excluding carboxylic acids is 4. The molecule has 1 aromatic carbocycles. The third-order valence-corrected chi connectivity index (χ3v) is 7.14. The van der Waals surface area contributed by atoms with E-state index in [-0.39, 0.29) is 23.4 Å². The Balaban J connectivity index is 1.80. The smallest absolute Gasteiger partial charge is 0.354 e. The summed E-state index contributed by atoms with van der Waals surface area (Å²) in [6, 6.07) is 5.33. The number of methoxy groups -OCH3 is 2. The molecule has 1 unspecified atom stereocenters. The van der Waals surface area contributed by atoms with Gasteiger partial charge >= 0.3 is 11.9 Å². The first-order chi connectivity index (χ1) is 18.2. The number of quaternary nitrogens is 1. The van der Waals surface area contributed by atoms with Crippen LogP contribution in [0.25, 0.3) is 5.76 Å². The van der Waals surface area contributed by atoms with Crippen molar-refractivity contribution in [2.45, 2.75) is 19.9 Å². The second-order valence-electron chi connectivity index (χ2n) is 9.32. The molecule has 2 aromatic rings. The molecule has 0 bridgehead atoms. The van der Waals surface area contributed by atoms with Gasteiger partial charge in [0.2, 0.25) is 5.78 Å². The number of morpholine rings is 1. The number of hydrogen-bond acceptors (Lipinski definition) is 8. The van der Waals surface area contributed by atoms with Gasteiger partial charge in [-0.2, -0.15) is 0 Å². The van der Waals surface area contributed by atoms with Gasteiger partial charge in [0.25, 0.3) is 5.91 Å². The molecule has 1 amide bonds. The lowest BCUT2D eigenvalue weighted by Crippen LogP contribution is -3.14. The first-order valence-corrected chi connectivity index (χ1v) is 12.3. The number of amides is 1. The summed E-state index contributed by atoms with van der Waals surface area (Å²) < 4.78 is 15.0. The first kappa shape index (κ1) is 27.1. The Bertz CT molecular complexity index is 1290. The minimum atomic E-state index is -0.954. The van der Waals surface area contributed by atoms with Gasteiger partial charge in [-0.05, 0) is 42.7 Å². The summed E-state index contributed by atoms with van der Waals surface area (Å²) in [6.45, 7) is 6.83. The largest absolute Gasteiger partial charge is 0.872 e. The van der Waals surface area contributed by atoms with Crippen molar-refractivity contribution >= 4 is 29.4 Å². The van der Waals surface area contributed by atoms with E-state index in [0.29, 0.717) is 42.1 Å². The number of aromatic nitrogens is 1. The van der Waals surface area contributed by atoms with Crippen LogP contribution in [0.3, 0.4) is 0 Å². The molecule has 0 aliphatic carbocycles. The highest BCUT2D eigenvalue weighted by Crippen LogP contribution is 2.39. The number of aryl methyl sites for hydroxylation is 1. The normalized spacial score (nSPS) is 19.6. The van der Waals surface area contributed by atoms with Gasteiger partial charge in [0.05, 0.1) is 52.1 Å². The predicted octanol–water partition coefficient (Wildman–Crippen LogP) is -0.656. The molecule has 38 heavy (non-hydrogen) atoms. The molecule has 11 nitrogen and oxygen atoms in total. The molecule has 1 atom stereocenters. The Morgan fingerprint density at radius 1 is 1.08 bits per heavy atom. The average Bonchev–Trinajstić information content (AvgIpc) is 3.38. The lowest BCUT2D eigenvalue weighted by atomic mass is 9.93. The number of ether oxygens (including phenoxy) is 3. The Labute approximate surface area is 220 Å². The van der Waals surface area contributed by atoms with Gasteiger partial charge in [-0.25, -0.2) is 9.59 Å². The minimum absolute atomic E-state index is 0.109. The predicted molar refractivity (Wildman–Crippen MR) is 132 cm³/mol. The maximum Gasteiger partial charge on any atom is 0.354 e. The van der Waals surface area contributed by atoms with Crippen molar-refractivity contribution in [3.63, 3.8) is 0 Å². The van der Waals surface area contributed by atoms with Gasteiger partial charge in [0.1, 0.15) is 18.8 Å². The number of rotatable bonds is 7. The topological polar surface area (TPSA) is 142 Å². The van der Waals surface area contributed by atoms with E-state index in [1.165, 1.54) is 36.2 Å². The number of Topliss-reactive ketones (excluding diaryl/α,β-unsaturated/α-hetero) is 1. The molecule has 202 valence electrons. The fourth-order valence-corrected chi connectivity index (χ4v) is 5.09. The number of likely N-dealkylation sites (tertiary alicyclic amines) is 1. The van der Waals surface area contributed by atoms with Gasteiger partial charge in [-0.3, -0.25) is 9.59 Å². The number of H-pyrrole nitrogens is 1. The van der Waals surface area contributed by atoms with E-state index in [1.807, 2.05) is 0 Å². The number of benzene rings is 1. The Hall–Kier alpha value is -3.96. The molecular weight excluding hydrogens is 494 g/mol. The molecule has 4 rings (SSSR count). The monoisotopic (exact) mass is 525 g/mol. The van der Waals surface area contributed by atoms with E-state index in [9.17, 15) is 24.3 Å². The number of ketones is 1.